The molecule has 0 unspecified atom stereocenters. The minimum atomic E-state index is -3.39. The zero-order chi connectivity index (χ0) is 18.6. The highest BCUT2D eigenvalue weighted by atomic mass is 32.2. The van der Waals surface area contributed by atoms with Crippen molar-refractivity contribution in [3.63, 3.8) is 0 Å². The summed E-state index contributed by atoms with van der Waals surface area (Å²) < 4.78 is 27.1. The van der Waals surface area contributed by atoms with E-state index in [1.54, 1.807) is 17.5 Å². The quantitative estimate of drug-likeness (QED) is 0.796. The zero-order valence-corrected chi connectivity index (χ0v) is 17.0. The van der Waals surface area contributed by atoms with Gasteiger partial charge in [0, 0.05) is 32.7 Å². The Kier molecular flexibility index (Phi) is 6.71. The predicted octanol–water partition coefficient (Wildman–Crippen LogP) is 2.14. The van der Waals surface area contributed by atoms with Gasteiger partial charge in [-0.2, -0.15) is 4.31 Å². The summed E-state index contributed by atoms with van der Waals surface area (Å²) >= 11 is 1.25. The summed E-state index contributed by atoms with van der Waals surface area (Å²) in [5, 5.41) is 4.88. The van der Waals surface area contributed by atoms with Gasteiger partial charge in [0.05, 0.1) is 6.04 Å². The topological polar surface area (TPSA) is 69.7 Å². The summed E-state index contributed by atoms with van der Waals surface area (Å²) in [5.74, 6) is 0.679. The second-order valence-electron chi connectivity index (χ2n) is 7.30. The maximum atomic E-state index is 12.6. The van der Waals surface area contributed by atoms with Crippen LogP contribution in [0.15, 0.2) is 21.7 Å². The van der Waals surface area contributed by atoms with Crippen molar-refractivity contribution in [2.45, 2.75) is 49.3 Å². The van der Waals surface area contributed by atoms with Crippen molar-refractivity contribution >= 4 is 27.3 Å². The molecule has 1 aliphatic carbocycles. The molecular weight excluding hydrogens is 370 g/mol. The summed E-state index contributed by atoms with van der Waals surface area (Å²) in [6.45, 7) is 4.72. The first-order valence-electron chi connectivity index (χ1n) is 9.54. The van der Waals surface area contributed by atoms with E-state index in [9.17, 15) is 13.2 Å². The lowest BCUT2D eigenvalue weighted by Gasteiger charge is -2.36. The third-order valence-corrected chi connectivity index (χ3v) is 8.85. The van der Waals surface area contributed by atoms with Gasteiger partial charge in [-0.15, -0.1) is 11.3 Å². The Morgan fingerprint density at radius 1 is 1.23 bits per heavy atom. The van der Waals surface area contributed by atoms with Gasteiger partial charge in [0.2, 0.25) is 5.91 Å². The number of hydrogen-bond acceptors (Lipinski definition) is 5. The lowest BCUT2D eigenvalue weighted by atomic mass is 9.89. The van der Waals surface area contributed by atoms with Crippen LogP contribution in [0.25, 0.3) is 0 Å². The van der Waals surface area contributed by atoms with Crippen LogP contribution in [0, 0.1) is 5.92 Å². The van der Waals surface area contributed by atoms with E-state index in [1.165, 1.54) is 47.7 Å². The molecule has 1 aromatic rings. The SMILES string of the molecule is C[C@@H](C(=O)NCC1CCCCC1)N1CCN(S(=O)(=O)c2cccs2)CC1. The number of nitrogens with zero attached hydrogens (tertiary/aromatic N) is 2. The van der Waals surface area contributed by atoms with Crippen molar-refractivity contribution < 1.29 is 13.2 Å². The molecule has 3 rings (SSSR count). The zero-order valence-electron chi connectivity index (χ0n) is 15.4. The van der Waals surface area contributed by atoms with Crippen molar-refractivity contribution in [2.75, 3.05) is 32.7 Å². The van der Waals surface area contributed by atoms with Crippen LogP contribution in [0.3, 0.4) is 0 Å². The predicted molar refractivity (Wildman–Crippen MR) is 104 cm³/mol. The van der Waals surface area contributed by atoms with E-state index in [2.05, 4.69) is 10.2 Å². The number of hydrogen-bond donors (Lipinski definition) is 1. The van der Waals surface area contributed by atoms with Gasteiger partial charge >= 0.3 is 0 Å². The molecule has 0 aromatic carbocycles. The van der Waals surface area contributed by atoms with Gasteiger partial charge in [0.25, 0.3) is 10.0 Å². The second-order valence-corrected chi connectivity index (χ2v) is 10.4. The number of amides is 1. The van der Waals surface area contributed by atoms with E-state index in [0.717, 1.165) is 6.54 Å². The molecule has 26 heavy (non-hydrogen) atoms. The minimum absolute atomic E-state index is 0.0603. The average Bonchev–Trinajstić information content (AvgIpc) is 3.22. The van der Waals surface area contributed by atoms with Crippen LogP contribution in [-0.4, -0.2) is 62.3 Å². The molecule has 8 heteroatoms. The van der Waals surface area contributed by atoms with E-state index in [-0.39, 0.29) is 11.9 Å². The van der Waals surface area contributed by atoms with Crippen molar-refractivity contribution in [1.82, 2.24) is 14.5 Å². The van der Waals surface area contributed by atoms with E-state index in [0.29, 0.717) is 36.3 Å². The molecule has 0 spiro atoms. The van der Waals surface area contributed by atoms with Crippen molar-refractivity contribution in [1.29, 1.82) is 0 Å². The summed E-state index contributed by atoms with van der Waals surface area (Å²) in [4.78, 5) is 14.5. The van der Waals surface area contributed by atoms with Crippen LogP contribution in [0.5, 0.6) is 0 Å². The van der Waals surface area contributed by atoms with Gasteiger partial charge in [0.15, 0.2) is 0 Å². The molecule has 1 saturated carbocycles. The number of rotatable bonds is 6. The smallest absolute Gasteiger partial charge is 0.252 e. The fourth-order valence-electron chi connectivity index (χ4n) is 3.82. The third kappa shape index (κ3) is 4.65. The van der Waals surface area contributed by atoms with Crippen LogP contribution in [-0.2, 0) is 14.8 Å². The average molecular weight is 400 g/mol. The molecule has 1 N–H and O–H groups in total. The monoisotopic (exact) mass is 399 g/mol. The Bertz CT molecular complexity index is 677. The Balaban J connectivity index is 1.47. The Morgan fingerprint density at radius 3 is 2.54 bits per heavy atom. The van der Waals surface area contributed by atoms with Gasteiger partial charge in [-0.3, -0.25) is 9.69 Å². The molecule has 0 radical (unpaired) electrons. The molecule has 0 bridgehead atoms. The lowest BCUT2D eigenvalue weighted by molar-refractivity contribution is -0.126. The fraction of sp³-hybridized carbons (Fsp3) is 0.722. The summed E-state index contributed by atoms with van der Waals surface area (Å²) in [6, 6.07) is 3.19. The van der Waals surface area contributed by atoms with Gasteiger partial charge in [0.1, 0.15) is 4.21 Å². The molecule has 146 valence electrons. The number of carbonyl (C=O) groups is 1. The first-order valence-corrected chi connectivity index (χ1v) is 11.9. The molecule has 1 amide bonds. The van der Waals surface area contributed by atoms with Gasteiger partial charge in [-0.05, 0) is 37.1 Å². The van der Waals surface area contributed by atoms with Gasteiger partial charge in [-0.25, -0.2) is 8.42 Å². The molecule has 6 nitrogen and oxygen atoms in total. The number of piperazine rings is 1. The number of carbonyl (C=O) groups excluding carboxylic acids is 1. The van der Waals surface area contributed by atoms with Crippen LogP contribution < -0.4 is 5.32 Å². The lowest BCUT2D eigenvalue weighted by Crippen LogP contribution is -2.55. The second kappa shape index (κ2) is 8.82. The first-order chi connectivity index (χ1) is 12.5. The molecule has 1 aromatic heterocycles. The highest BCUT2D eigenvalue weighted by Gasteiger charge is 2.32. The van der Waals surface area contributed by atoms with Crippen LogP contribution in [0.2, 0.25) is 0 Å². The molecule has 1 atom stereocenters. The number of nitrogens with one attached hydrogen (secondary N) is 1. The van der Waals surface area contributed by atoms with E-state index < -0.39 is 10.0 Å². The molecule has 2 fully saturated rings. The van der Waals surface area contributed by atoms with Crippen molar-refractivity contribution in [2.24, 2.45) is 5.92 Å². The number of thiophene rings is 1. The standard InChI is InChI=1S/C18H29N3O3S2/c1-15(18(22)19-14-16-6-3-2-4-7-16)20-9-11-21(12-10-20)26(23,24)17-8-5-13-25-17/h5,8,13,15-16H,2-4,6-7,9-12,14H2,1H3,(H,19,22)/t15-/m0/s1. The van der Waals surface area contributed by atoms with Gasteiger partial charge in [-0.1, -0.05) is 25.3 Å². The fourth-order valence-corrected chi connectivity index (χ4v) is 6.39. The van der Waals surface area contributed by atoms with Crippen LogP contribution >= 0.6 is 11.3 Å². The number of sulfonamides is 1. The van der Waals surface area contributed by atoms with Crippen LogP contribution in [0.4, 0.5) is 0 Å². The Hall–Kier alpha value is -0.960. The summed E-state index contributed by atoms with van der Waals surface area (Å²) in [6.07, 6.45) is 6.30. The van der Waals surface area contributed by atoms with E-state index in [4.69, 9.17) is 0 Å². The molecule has 2 aliphatic rings. The highest BCUT2D eigenvalue weighted by Crippen LogP contribution is 2.24. The maximum absolute atomic E-state index is 12.6. The van der Waals surface area contributed by atoms with Crippen molar-refractivity contribution in [3.05, 3.63) is 17.5 Å². The summed E-state index contributed by atoms with van der Waals surface area (Å²) in [7, 11) is -3.39. The summed E-state index contributed by atoms with van der Waals surface area (Å²) in [5.41, 5.74) is 0. The van der Waals surface area contributed by atoms with Crippen molar-refractivity contribution in [3.8, 4) is 0 Å². The third-order valence-electron chi connectivity index (χ3n) is 5.58. The molecular formula is C18H29N3O3S2. The minimum Gasteiger partial charge on any atom is -0.354 e. The van der Waals surface area contributed by atoms with E-state index >= 15 is 0 Å². The Labute approximate surface area is 160 Å². The van der Waals surface area contributed by atoms with E-state index in [1.807, 2.05) is 6.92 Å². The molecule has 1 saturated heterocycles. The Morgan fingerprint density at radius 2 is 1.92 bits per heavy atom. The first kappa shape index (κ1) is 19.8. The van der Waals surface area contributed by atoms with Crippen LogP contribution in [0.1, 0.15) is 39.0 Å². The van der Waals surface area contributed by atoms with Gasteiger partial charge < -0.3 is 5.32 Å². The molecule has 1 aliphatic heterocycles. The maximum Gasteiger partial charge on any atom is 0.252 e. The highest BCUT2D eigenvalue weighted by molar-refractivity contribution is 7.91. The normalized spacial score (nSPS) is 22.2. The largest absolute Gasteiger partial charge is 0.354 e. The molecule has 2 heterocycles.